The van der Waals surface area contributed by atoms with Gasteiger partial charge in [-0.05, 0) is 31.8 Å². The zero-order valence-electron chi connectivity index (χ0n) is 8.38. The second-order valence-corrected chi connectivity index (χ2v) is 3.73. The van der Waals surface area contributed by atoms with E-state index in [0.29, 0.717) is 18.4 Å². The van der Waals surface area contributed by atoms with Crippen molar-refractivity contribution in [2.75, 3.05) is 19.7 Å². The molecule has 0 amide bonds. The van der Waals surface area contributed by atoms with Gasteiger partial charge in [-0.15, -0.1) is 0 Å². The van der Waals surface area contributed by atoms with E-state index in [0.717, 1.165) is 6.54 Å². The highest BCUT2D eigenvalue weighted by atomic mass is 16.3. The molecule has 12 heavy (non-hydrogen) atoms. The molecule has 0 spiro atoms. The summed E-state index contributed by atoms with van der Waals surface area (Å²) in [5.41, 5.74) is 5.60. The van der Waals surface area contributed by atoms with Crippen LogP contribution in [-0.4, -0.2) is 30.8 Å². The van der Waals surface area contributed by atoms with Gasteiger partial charge in [0.15, 0.2) is 0 Å². The predicted octanol–water partition coefficient (Wildman–Crippen LogP) is 0.188. The maximum absolute atomic E-state index is 8.77. The highest BCUT2D eigenvalue weighted by molar-refractivity contribution is 4.69. The highest BCUT2D eigenvalue weighted by Gasteiger charge is 2.11. The molecule has 3 nitrogen and oxygen atoms in total. The van der Waals surface area contributed by atoms with Crippen LogP contribution in [0.25, 0.3) is 0 Å². The molecule has 0 bridgehead atoms. The van der Waals surface area contributed by atoms with Crippen LogP contribution in [-0.2, 0) is 0 Å². The van der Waals surface area contributed by atoms with Crippen LogP contribution in [0.5, 0.6) is 0 Å². The van der Waals surface area contributed by atoms with Crippen molar-refractivity contribution in [1.29, 1.82) is 0 Å². The number of hydrogen-bond donors (Lipinski definition) is 3. The largest absolute Gasteiger partial charge is 0.395 e. The summed E-state index contributed by atoms with van der Waals surface area (Å²) in [6.07, 6.45) is 0. The van der Waals surface area contributed by atoms with Crippen LogP contribution >= 0.6 is 0 Å². The minimum Gasteiger partial charge on any atom is -0.395 e. The van der Waals surface area contributed by atoms with E-state index in [-0.39, 0.29) is 12.6 Å². The van der Waals surface area contributed by atoms with Crippen LogP contribution in [0.2, 0.25) is 0 Å². The average molecular weight is 174 g/mol. The molecule has 74 valence electrons. The first-order valence-electron chi connectivity index (χ1n) is 4.66. The van der Waals surface area contributed by atoms with Gasteiger partial charge in [-0.1, -0.05) is 13.8 Å². The summed E-state index contributed by atoms with van der Waals surface area (Å²) in [6, 6.07) is 0.179. The molecule has 0 heterocycles. The first-order chi connectivity index (χ1) is 5.61. The van der Waals surface area contributed by atoms with E-state index in [4.69, 9.17) is 10.8 Å². The van der Waals surface area contributed by atoms with Crippen LogP contribution in [0.1, 0.15) is 20.8 Å². The van der Waals surface area contributed by atoms with Crippen LogP contribution in [0.15, 0.2) is 0 Å². The predicted molar refractivity (Wildman–Crippen MR) is 51.9 cm³/mol. The molecule has 0 aromatic carbocycles. The molecule has 0 aliphatic rings. The molecule has 0 rings (SSSR count). The van der Waals surface area contributed by atoms with Gasteiger partial charge in [0.05, 0.1) is 6.61 Å². The molecule has 0 saturated heterocycles. The Balaban J connectivity index is 3.58. The van der Waals surface area contributed by atoms with Crippen LogP contribution in [0.4, 0.5) is 0 Å². The van der Waals surface area contributed by atoms with E-state index < -0.39 is 0 Å². The van der Waals surface area contributed by atoms with Gasteiger partial charge in [0.1, 0.15) is 0 Å². The summed E-state index contributed by atoms with van der Waals surface area (Å²) >= 11 is 0. The third-order valence-electron chi connectivity index (χ3n) is 2.25. The Morgan fingerprint density at radius 3 is 2.25 bits per heavy atom. The quantitative estimate of drug-likeness (QED) is 0.538. The van der Waals surface area contributed by atoms with Gasteiger partial charge < -0.3 is 16.2 Å². The Morgan fingerprint density at radius 1 is 1.33 bits per heavy atom. The number of hydrogen-bond acceptors (Lipinski definition) is 3. The maximum Gasteiger partial charge on any atom is 0.0581 e. The Bertz CT molecular complexity index is 107. The van der Waals surface area contributed by atoms with Gasteiger partial charge in [0, 0.05) is 6.04 Å². The second kappa shape index (κ2) is 6.40. The Kier molecular flexibility index (Phi) is 6.34. The van der Waals surface area contributed by atoms with E-state index in [2.05, 4.69) is 19.2 Å². The molecule has 0 aliphatic heterocycles. The van der Waals surface area contributed by atoms with Gasteiger partial charge >= 0.3 is 0 Å². The normalized spacial score (nSPS) is 16.5. The number of nitrogens with two attached hydrogens (primary N) is 1. The molecule has 2 atom stereocenters. The van der Waals surface area contributed by atoms with Crippen LogP contribution < -0.4 is 11.1 Å². The Morgan fingerprint density at radius 2 is 1.92 bits per heavy atom. The molecular weight excluding hydrogens is 152 g/mol. The van der Waals surface area contributed by atoms with Gasteiger partial charge in [-0.25, -0.2) is 0 Å². The highest BCUT2D eigenvalue weighted by Crippen LogP contribution is 2.07. The average Bonchev–Trinajstić information content (AvgIpc) is 2.04. The van der Waals surface area contributed by atoms with Crippen molar-refractivity contribution >= 4 is 0 Å². The van der Waals surface area contributed by atoms with E-state index in [1.807, 2.05) is 6.92 Å². The van der Waals surface area contributed by atoms with Crippen molar-refractivity contribution in [1.82, 2.24) is 5.32 Å². The molecular formula is C9H22N2O. The Hall–Kier alpha value is -0.120. The fourth-order valence-corrected chi connectivity index (χ4v) is 1.01. The first kappa shape index (κ1) is 11.9. The summed E-state index contributed by atoms with van der Waals surface area (Å²) in [6.45, 7) is 8.10. The number of nitrogens with one attached hydrogen (secondary N) is 1. The summed E-state index contributed by atoms with van der Waals surface area (Å²) in [5, 5.41) is 12.0. The van der Waals surface area contributed by atoms with Gasteiger partial charge in [-0.2, -0.15) is 0 Å². The van der Waals surface area contributed by atoms with Crippen molar-refractivity contribution in [3.63, 3.8) is 0 Å². The fraction of sp³-hybridized carbons (Fsp3) is 1.00. The molecule has 0 aromatic heterocycles. The number of rotatable bonds is 6. The zero-order chi connectivity index (χ0) is 9.56. The van der Waals surface area contributed by atoms with Gasteiger partial charge in [-0.3, -0.25) is 0 Å². The molecule has 0 saturated carbocycles. The van der Waals surface area contributed by atoms with E-state index >= 15 is 0 Å². The molecule has 0 radical (unpaired) electrons. The van der Waals surface area contributed by atoms with E-state index in [9.17, 15) is 0 Å². The molecule has 3 heteroatoms. The number of aliphatic hydroxyl groups excluding tert-OH is 1. The zero-order valence-corrected chi connectivity index (χ0v) is 8.38. The lowest BCUT2D eigenvalue weighted by atomic mass is 9.96. The van der Waals surface area contributed by atoms with E-state index in [1.165, 1.54) is 0 Å². The minimum absolute atomic E-state index is 0.179. The van der Waals surface area contributed by atoms with Crippen LogP contribution in [0, 0.1) is 11.8 Å². The lowest BCUT2D eigenvalue weighted by Gasteiger charge is -2.21. The van der Waals surface area contributed by atoms with Crippen molar-refractivity contribution in [3.8, 4) is 0 Å². The lowest BCUT2D eigenvalue weighted by Crippen LogP contribution is -2.37. The summed E-state index contributed by atoms with van der Waals surface area (Å²) < 4.78 is 0. The third-order valence-corrected chi connectivity index (χ3v) is 2.25. The molecule has 2 unspecified atom stereocenters. The van der Waals surface area contributed by atoms with Crippen molar-refractivity contribution in [2.45, 2.75) is 26.8 Å². The van der Waals surface area contributed by atoms with Crippen molar-refractivity contribution in [3.05, 3.63) is 0 Å². The minimum atomic E-state index is 0.179. The topological polar surface area (TPSA) is 58.3 Å². The lowest BCUT2D eigenvalue weighted by molar-refractivity contribution is 0.240. The molecule has 4 N–H and O–H groups in total. The Labute approximate surface area is 75.3 Å². The summed E-state index contributed by atoms with van der Waals surface area (Å²) in [4.78, 5) is 0. The van der Waals surface area contributed by atoms with Gasteiger partial charge in [0.25, 0.3) is 0 Å². The van der Waals surface area contributed by atoms with Crippen LogP contribution in [0.3, 0.4) is 0 Å². The first-order valence-corrected chi connectivity index (χ1v) is 4.66. The van der Waals surface area contributed by atoms with Crippen molar-refractivity contribution in [2.24, 2.45) is 17.6 Å². The fourth-order valence-electron chi connectivity index (χ4n) is 1.01. The van der Waals surface area contributed by atoms with E-state index in [1.54, 1.807) is 0 Å². The monoisotopic (exact) mass is 174 g/mol. The molecule has 0 aliphatic carbocycles. The summed E-state index contributed by atoms with van der Waals surface area (Å²) in [5.74, 6) is 1.12. The van der Waals surface area contributed by atoms with Crippen molar-refractivity contribution < 1.29 is 5.11 Å². The number of aliphatic hydroxyl groups is 1. The maximum atomic E-state index is 8.77. The molecule has 0 fully saturated rings. The summed E-state index contributed by atoms with van der Waals surface area (Å²) in [7, 11) is 0. The smallest absolute Gasteiger partial charge is 0.0581 e. The standard InChI is InChI=1S/C9H22N2O/c1-7(2)9(4-10)5-11-8(3)6-12/h7-9,11-12H,4-6,10H2,1-3H3. The third kappa shape index (κ3) is 4.70. The SMILES string of the molecule is CC(CO)NCC(CN)C(C)C. The van der Waals surface area contributed by atoms with Gasteiger partial charge in [0.2, 0.25) is 0 Å². The molecule has 0 aromatic rings. The second-order valence-electron chi connectivity index (χ2n) is 3.73.